The third kappa shape index (κ3) is 2.50. The topological polar surface area (TPSA) is 36.4 Å². The lowest BCUT2D eigenvalue weighted by molar-refractivity contribution is 0.0558. The normalized spacial score (nSPS) is 17.6. The van der Waals surface area contributed by atoms with Gasteiger partial charge in [-0.1, -0.05) is 31.0 Å². The van der Waals surface area contributed by atoms with Crippen molar-refractivity contribution in [2.45, 2.75) is 38.2 Å². The highest BCUT2D eigenvalue weighted by atomic mass is 16.3. The number of para-hydroxylation sites is 1. The highest BCUT2D eigenvalue weighted by molar-refractivity contribution is 5.81. The molecule has 1 fully saturated rings. The third-order valence-corrected chi connectivity index (χ3v) is 4.32. The molecular weight excluding hydrogens is 248 g/mol. The van der Waals surface area contributed by atoms with E-state index in [0.29, 0.717) is 6.54 Å². The van der Waals surface area contributed by atoms with Gasteiger partial charge in [-0.05, 0) is 37.5 Å². The Labute approximate surface area is 120 Å². The molecule has 0 spiro atoms. The molecule has 1 aromatic heterocycles. The minimum absolute atomic E-state index is 0.533. The fourth-order valence-electron chi connectivity index (χ4n) is 3.31. The van der Waals surface area contributed by atoms with Crippen molar-refractivity contribution in [2.75, 3.05) is 18.5 Å². The lowest BCUT2D eigenvalue weighted by atomic mass is 10.0. The molecule has 20 heavy (non-hydrogen) atoms. The maximum atomic E-state index is 10.6. The number of benzene rings is 1. The van der Waals surface area contributed by atoms with Gasteiger partial charge in [-0.15, -0.1) is 0 Å². The summed E-state index contributed by atoms with van der Waals surface area (Å²) in [6, 6.07) is 10.3. The van der Waals surface area contributed by atoms with Gasteiger partial charge < -0.3 is 10.0 Å². The summed E-state index contributed by atoms with van der Waals surface area (Å²) in [5, 5.41) is 11.7. The van der Waals surface area contributed by atoms with Crippen molar-refractivity contribution >= 4 is 16.7 Å². The van der Waals surface area contributed by atoms with Crippen molar-refractivity contribution in [3.63, 3.8) is 0 Å². The van der Waals surface area contributed by atoms with Crippen LogP contribution >= 0.6 is 0 Å². The molecule has 106 valence electrons. The van der Waals surface area contributed by atoms with Gasteiger partial charge in [0.05, 0.1) is 11.1 Å². The monoisotopic (exact) mass is 270 g/mol. The molecule has 0 saturated heterocycles. The van der Waals surface area contributed by atoms with Crippen LogP contribution in [0.4, 0.5) is 5.82 Å². The van der Waals surface area contributed by atoms with Crippen molar-refractivity contribution < 1.29 is 5.11 Å². The van der Waals surface area contributed by atoms with Crippen molar-refractivity contribution in [3.05, 3.63) is 35.9 Å². The molecule has 0 unspecified atom stereocenters. The predicted octanol–water partition coefficient (Wildman–Crippen LogP) is 3.28. The zero-order chi connectivity index (χ0) is 14.2. The van der Waals surface area contributed by atoms with Crippen molar-refractivity contribution in [1.29, 1.82) is 0 Å². The Balaban J connectivity index is 1.90. The number of aromatic nitrogens is 1. The predicted molar refractivity (Wildman–Crippen MR) is 83.2 cm³/mol. The van der Waals surface area contributed by atoms with Gasteiger partial charge in [0.25, 0.3) is 0 Å². The van der Waals surface area contributed by atoms with E-state index in [2.05, 4.69) is 24.0 Å². The number of anilines is 1. The van der Waals surface area contributed by atoms with Crippen molar-refractivity contribution in [2.24, 2.45) is 0 Å². The molecule has 3 rings (SSSR count). The van der Waals surface area contributed by atoms with Crippen molar-refractivity contribution in [3.8, 4) is 0 Å². The van der Waals surface area contributed by atoms with E-state index < -0.39 is 5.60 Å². The van der Waals surface area contributed by atoms with E-state index in [1.54, 1.807) is 0 Å². The Morgan fingerprint density at radius 1 is 1.25 bits per heavy atom. The number of fused-ring (bicyclic) bond motifs is 1. The van der Waals surface area contributed by atoms with Crippen LogP contribution in [0.3, 0.4) is 0 Å². The first-order valence-electron chi connectivity index (χ1n) is 7.37. The SMILES string of the molecule is Cc1cc2ccccc2nc1N(C)CC1(O)CCCC1. The molecule has 0 bridgehead atoms. The van der Waals surface area contributed by atoms with Gasteiger partial charge in [0.15, 0.2) is 0 Å². The molecule has 0 atom stereocenters. The second-order valence-corrected chi connectivity index (χ2v) is 6.11. The minimum atomic E-state index is -0.533. The van der Waals surface area contributed by atoms with Gasteiger partial charge in [-0.3, -0.25) is 0 Å². The number of likely N-dealkylation sites (N-methyl/N-ethyl adjacent to an activating group) is 1. The molecule has 1 aliphatic rings. The first kappa shape index (κ1) is 13.4. The first-order chi connectivity index (χ1) is 9.57. The standard InChI is InChI=1S/C17H22N2O/c1-13-11-14-7-3-4-8-15(14)18-16(13)19(2)12-17(20)9-5-6-10-17/h3-4,7-8,11,20H,5-6,9-10,12H2,1-2H3. The molecule has 3 heteroatoms. The molecule has 1 saturated carbocycles. The molecule has 0 radical (unpaired) electrons. The molecule has 1 heterocycles. The molecule has 0 aliphatic heterocycles. The van der Waals surface area contributed by atoms with Crippen LogP contribution < -0.4 is 4.90 Å². The molecule has 0 amide bonds. The van der Waals surface area contributed by atoms with Gasteiger partial charge in [0, 0.05) is 19.0 Å². The van der Waals surface area contributed by atoms with E-state index in [9.17, 15) is 5.11 Å². The zero-order valence-corrected chi connectivity index (χ0v) is 12.3. The zero-order valence-electron chi connectivity index (χ0n) is 12.3. The van der Waals surface area contributed by atoms with Gasteiger partial charge in [0.2, 0.25) is 0 Å². The molecule has 1 N–H and O–H groups in total. The lowest BCUT2D eigenvalue weighted by Crippen LogP contribution is -2.39. The summed E-state index contributed by atoms with van der Waals surface area (Å²) in [6.45, 7) is 2.75. The van der Waals surface area contributed by atoms with E-state index in [0.717, 1.165) is 42.6 Å². The molecule has 2 aromatic rings. The van der Waals surface area contributed by atoms with E-state index in [4.69, 9.17) is 4.98 Å². The average Bonchev–Trinajstić information content (AvgIpc) is 2.84. The fourth-order valence-corrected chi connectivity index (χ4v) is 3.31. The first-order valence-corrected chi connectivity index (χ1v) is 7.37. The van der Waals surface area contributed by atoms with E-state index >= 15 is 0 Å². The Bertz CT molecular complexity index is 617. The van der Waals surface area contributed by atoms with E-state index in [1.165, 1.54) is 5.39 Å². The molecule has 1 aliphatic carbocycles. The summed E-state index contributed by atoms with van der Waals surface area (Å²) < 4.78 is 0. The summed E-state index contributed by atoms with van der Waals surface area (Å²) in [5.41, 5.74) is 1.64. The van der Waals surface area contributed by atoms with Crippen molar-refractivity contribution in [1.82, 2.24) is 4.98 Å². The fraction of sp³-hybridized carbons (Fsp3) is 0.471. The van der Waals surface area contributed by atoms with Crippen LogP contribution in [0.1, 0.15) is 31.2 Å². The van der Waals surface area contributed by atoms with E-state index in [-0.39, 0.29) is 0 Å². The quantitative estimate of drug-likeness (QED) is 0.929. The summed E-state index contributed by atoms with van der Waals surface area (Å²) in [6.07, 6.45) is 4.08. The number of aryl methyl sites for hydroxylation is 1. The molecule has 3 nitrogen and oxygen atoms in total. The molecule has 1 aromatic carbocycles. The lowest BCUT2D eigenvalue weighted by Gasteiger charge is -2.30. The van der Waals surface area contributed by atoms with Crippen LogP contribution in [0.5, 0.6) is 0 Å². The number of nitrogens with zero attached hydrogens (tertiary/aromatic N) is 2. The van der Waals surface area contributed by atoms with E-state index in [1.807, 2.05) is 25.2 Å². The van der Waals surface area contributed by atoms with Gasteiger partial charge in [0.1, 0.15) is 5.82 Å². The Morgan fingerprint density at radius 2 is 1.95 bits per heavy atom. The summed E-state index contributed by atoms with van der Waals surface area (Å²) >= 11 is 0. The number of rotatable bonds is 3. The Hall–Kier alpha value is -1.61. The second-order valence-electron chi connectivity index (χ2n) is 6.11. The van der Waals surface area contributed by atoms with Crippen LogP contribution in [0, 0.1) is 6.92 Å². The van der Waals surface area contributed by atoms with Gasteiger partial charge in [-0.25, -0.2) is 4.98 Å². The summed E-state index contributed by atoms with van der Waals surface area (Å²) in [4.78, 5) is 6.87. The second kappa shape index (κ2) is 5.06. The maximum Gasteiger partial charge on any atom is 0.132 e. The maximum absolute atomic E-state index is 10.6. The van der Waals surface area contributed by atoms with Crippen LogP contribution in [0.15, 0.2) is 30.3 Å². The number of pyridine rings is 1. The highest BCUT2D eigenvalue weighted by Crippen LogP contribution is 2.32. The highest BCUT2D eigenvalue weighted by Gasteiger charge is 2.32. The van der Waals surface area contributed by atoms with Crippen LogP contribution in [0.2, 0.25) is 0 Å². The van der Waals surface area contributed by atoms with Crippen LogP contribution in [-0.2, 0) is 0 Å². The van der Waals surface area contributed by atoms with Crippen LogP contribution in [0.25, 0.3) is 10.9 Å². The number of aliphatic hydroxyl groups is 1. The Kier molecular flexibility index (Phi) is 3.38. The third-order valence-electron chi connectivity index (χ3n) is 4.32. The number of hydrogen-bond acceptors (Lipinski definition) is 3. The van der Waals surface area contributed by atoms with Gasteiger partial charge >= 0.3 is 0 Å². The smallest absolute Gasteiger partial charge is 0.132 e. The molecular formula is C17H22N2O. The average molecular weight is 270 g/mol. The summed E-state index contributed by atoms with van der Waals surface area (Å²) in [7, 11) is 2.03. The van der Waals surface area contributed by atoms with Gasteiger partial charge in [-0.2, -0.15) is 0 Å². The largest absolute Gasteiger partial charge is 0.388 e. The Morgan fingerprint density at radius 3 is 2.70 bits per heavy atom. The summed E-state index contributed by atoms with van der Waals surface area (Å²) in [5.74, 6) is 0.976. The number of hydrogen-bond donors (Lipinski definition) is 1. The minimum Gasteiger partial charge on any atom is -0.388 e. The van der Waals surface area contributed by atoms with Crippen LogP contribution in [-0.4, -0.2) is 29.3 Å².